The molecule has 0 aliphatic carbocycles. The minimum absolute atomic E-state index is 0.114. The molecule has 0 aliphatic rings. The van der Waals surface area contributed by atoms with E-state index in [0.717, 1.165) is 26.9 Å². The first-order valence-corrected chi connectivity index (χ1v) is 7.49. The maximum absolute atomic E-state index is 11.1. The summed E-state index contributed by atoms with van der Waals surface area (Å²) < 4.78 is 0.944. The van der Waals surface area contributed by atoms with Crippen molar-refractivity contribution in [2.45, 2.75) is 6.92 Å². The highest BCUT2D eigenvalue weighted by atomic mass is 32.1. The Morgan fingerprint density at radius 1 is 1.05 bits per heavy atom. The molecule has 5 heteroatoms. The predicted molar refractivity (Wildman–Crippen MR) is 88.5 cm³/mol. The molecule has 0 saturated heterocycles. The topological polar surface area (TPSA) is 66.4 Å². The van der Waals surface area contributed by atoms with Gasteiger partial charge < -0.3 is 10.4 Å². The number of fused-ring (bicyclic) bond motifs is 1. The van der Waals surface area contributed by atoms with E-state index in [1.807, 2.05) is 42.5 Å². The minimum Gasteiger partial charge on any atom is -0.477 e. The van der Waals surface area contributed by atoms with E-state index >= 15 is 0 Å². The Hall–Kier alpha value is -2.66. The lowest BCUT2D eigenvalue weighted by atomic mass is 10.0. The smallest absolute Gasteiger partial charge is 0.345 e. The lowest BCUT2D eigenvalue weighted by molar-refractivity contribution is -0.114. The van der Waals surface area contributed by atoms with Crippen molar-refractivity contribution in [2.75, 3.05) is 5.32 Å². The van der Waals surface area contributed by atoms with Crippen molar-refractivity contribution >= 4 is 39.0 Å². The first-order chi connectivity index (χ1) is 10.5. The van der Waals surface area contributed by atoms with E-state index in [-0.39, 0.29) is 5.91 Å². The number of benzene rings is 2. The van der Waals surface area contributed by atoms with Crippen LogP contribution in [0.1, 0.15) is 16.6 Å². The summed E-state index contributed by atoms with van der Waals surface area (Å²) in [5.41, 5.74) is 2.69. The molecule has 3 rings (SSSR count). The fourth-order valence-corrected chi connectivity index (χ4v) is 3.19. The largest absolute Gasteiger partial charge is 0.477 e. The van der Waals surface area contributed by atoms with E-state index in [1.54, 1.807) is 6.07 Å². The van der Waals surface area contributed by atoms with E-state index < -0.39 is 5.97 Å². The number of carboxylic acid groups (broad SMARTS) is 1. The van der Waals surface area contributed by atoms with Gasteiger partial charge in [0.1, 0.15) is 4.88 Å². The molecule has 1 aromatic heterocycles. The zero-order valence-corrected chi connectivity index (χ0v) is 12.6. The predicted octanol–water partition coefficient (Wildman–Crippen LogP) is 4.22. The van der Waals surface area contributed by atoms with Crippen LogP contribution in [0.25, 0.3) is 21.2 Å². The van der Waals surface area contributed by atoms with Gasteiger partial charge in [-0.2, -0.15) is 0 Å². The van der Waals surface area contributed by atoms with Gasteiger partial charge in [0.05, 0.1) is 0 Å². The lowest BCUT2D eigenvalue weighted by Gasteiger charge is -2.06. The normalized spacial score (nSPS) is 10.6. The van der Waals surface area contributed by atoms with Crippen LogP contribution in [0.2, 0.25) is 0 Å². The van der Waals surface area contributed by atoms with Crippen molar-refractivity contribution in [2.24, 2.45) is 0 Å². The van der Waals surface area contributed by atoms with Gasteiger partial charge in [-0.3, -0.25) is 4.79 Å². The summed E-state index contributed by atoms with van der Waals surface area (Å²) in [6.45, 7) is 1.47. The summed E-state index contributed by atoms with van der Waals surface area (Å²) in [7, 11) is 0. The summed E-state index contributed by atoms with van der Waals surface area (Å²) in [6.07, 6.45) is 0. The second kappa shape index (κ2) is 5.61. The molecule has 0 saturated carbocycles. The highest BCUT2D eigenvalue weighted by Crippen LogP contribution is 2.31. The number of carboxylic acids is 1. The molecule has 22 heavy (non-hydrogen) atoms. The van der Waals surface area contributed by atoms with Crippen LogP contribution in [0, 0.1) is 0 Å². The molecule has 0 atom stereocenters. The summed E-state index contributed by atoms with van der Waals surface area (Å²) >= 11 is 1.26. The Balaban J connectivity index is 2.02. The average Bonchev–Trinajstić information content (AvgIpc) is 2.90. The Morgan fingerprint density at radius 3 is 2.55 bits per heavy atom. The third-order valence-electron chi connectivity index (χ3n) is 3.24. The van der Waals surface area contributed by atoms with Gasteiger partial charge in [0, 0.05) is 17.3 Å². The zero-order chi connectivity index (χ0) is 15.7. The number of hydrogen-bond donors (Lipinski definition) is 2. The number of aromatic carboxylic acids is 1. The minimum atomic E-state index is -0.907. The molecule has 3 aromatic rings. The molecule has 2 N–H and O–H groups in total. The molecule has 0 spiro atoms. The quantitative estimate of drug-likeness (QED) is 0.761. The summed E-state index contributed by atoms with van der Waals surface area (Å²) in [4.78, 5) is 22.5. The molecule has 0 bridgehead atoms. The summed E-state index contributed by atoms with van der Waals surface area (Å²) in [6, 6.07) is 15.1. The molecule has 1 amide bonds. The molecule has 0 fully saturated rings. The van der Waals surface area contributed by atoms with Crippen molar-refractivity contribution in [3.05, 3.63) is 53.4 Å². The van der Waals surface area contributed by atoms with E-state index in [4.69, 9.17) is 5.11 Å². The zero-order valence-electron chi connectivity index (χ0n) is 11.8. The average molecular weight is 311 g/mol. The standard InChI is InChI=1S/C17H13NO3S/c1-10(19)18-14-4-2-3-11(8-14)12-5-6-15-13(7-12)9-16(22-15)17(20)21/h2-9H,1H3,(H,18,19)(H,20,21). The van der Waals surface area contributed by atoms with Crippen LogP contribution >= 0.6 is 11.3 Å². The summed E-state index contributed by atoms with van der Waals surface area (Å²) in [5, 5.41) is 12.7. The second-order valence-corrected chi connectivity index (χ2v) is 6.01. The fourth-order valence-electron chi connectivity index (χ4n) is 2.31. The third kappa shape index (κ3) is 2.84. The highest BCUT2D eigenvalue weighted by molar-refractivity contribution is 7.20. The van der Waals surface area contributed by atoms with Crippen molar-refractivity contribution < 1.29 is 14.7 Å². The van der Waals surface area contributed by atoms with Crippen LogP contribution in [0.4, 0.5) is 5.69 Å². The Labute approximate surface area is 131 Å². The molecule has 4 nitrogen and oxygen atoms in total. The second-order valence-electron chi connectivity index (χ2n) is 4.93. The maximum Gasteiger partial charge on any atom is 0.345 e. The van der Waals surface area contributed by atoms with Crippen molar-refractivity contribution in [1.82, 2.24) is 0 Å². The third-order valence-corrected chi connectivity index (χ3v) is 4.35. The number of anilines is 1. The van der Waals surface area contributed by atoms with Crippen LogP contribution in [0.3, 0.4) is 0 Å². The Bertz CT molecular complexity index is 882. The lowest BCUT2D eigenvalue weighted by Crippen LogP contribution is -2.05. The van der Waals surface area contributed by atoms with Gasteiger partial charge in [0.25, 0.3) is 0 Å². The van der Waals surface area contributed by atoms with E-state index in [9.17, 15) is 9.59 Å². The van der Waals surface area contributed by atoms with E-state index in [0.29, 0.717) is 4.88 Å². The molecule has 0 unspecified atom stereocenters. The molecular formula is C17H13NO3S. The van der Waals surface area contributed by atoms with Gasteiger partial charge >= 0.3 is 5.97 Å². The number of rotatable bonds is 3. The first kappa shape index (κ1) is 14.3. The highest BCUT2D eigenvalue weighted by Gasteiger charge is 2.09. The van der Waals surface area contributed by atoms with Gasteiger partial charge in [-0.25, -0.2) is 4.79 Å². The van der Waals surface area contributed by atoms with Gasteiger partial charge in [-0.05, 0) is 46.8 Å². The van der Waals surface area contributed by atoms with Crippen molar-refractivity contribution in [3.63, 3.8) is 0 Å². The number of thiophene rings is 1. The Morgan fingerprint density at radius 2 is 1.82 bits per heavy atom. The van der Waals surface area contributed by atoms with Gasteiger partial charge in [0.2, 0.25) is 5.91 Å². The van der Waals surface area contributed by atoms with Gasteiger partial charge in [0.15, 0.2) is 0 Å². The Kier molecular flexibility index (Phi) is 3.65. The van der Waals surface area contributed by atoms with E-state index in [2.05, 4.69) is 5.32 Å². The first-order valence-electron chi connectivity index (χ1n) is 6.68. The molecular weight excluding hydrogens is 298 g/mol. The van der Waals surface area contributed by atoms with Gasteiger partial charge in [-0.15, -0.1) is 11.3 Å². The van der Waals surface area contributed by atoms with Crippen LogP contribution in [0.5, 0.6) is 0 Å². The molecule has 1 heterocycles. The number of amides is 1. The van der Waals surface area contributed by atoms with Crippen LogP contribution < -0.4 is 5.32 Å². The number of carbonyl (C=O) groups is 2. The fraction of sp³-hybridized carbons (Fsp3) is 0.0588. The molecule has 110 valence electrons. The molecule has 0 aliphatic heterocycles. The van der Waals surface area contributed by atoms with E-state index in [1.165, 1.54) is 18.3 Å². The van der Waals surface area contributed by atoms with Gasteiger partial charge in [-0.1, -0.05) is 18.2 Å². The monoisotopic (exact) mass is 311 g/mol. The molecule has 2 aromatic carbocycles. The maximum atomic E-state index is 11.1. The SMILES string of the molecule is CC(=O)Nc1cccc(-c2ccc3sc(C(=O)O)cc3c2)c1. The van der Waals surface area contributed by atoms with Crippen LogP contribution in [-0.4, -0.2) is 17.0 Å². The van der Waals surface area contributed by atoms with Crippen molar-refractivity contribution in [1.29, 1.82) is 0 Å². The van der Waals surface area contributed by atoms with Crippen LogP contribution in [-0.2, 0) is 4.79 Å². The summed E-state index contributed by atoms with van der Waals surface area (Å²) in [5.74, 6) is -1.02. The molecule has 0 radical (unpaired) electrons. The number of carbonyl (C=O) groups excluding carboxylic acids is 1. The van der Waals surface area contributed by atoms with Crippen molar-refractivity contribution in [3.8, 4) is 11.1 Å². The number of nitrogens with one attached hydrogen (secondary N) is 1. The number of hydrogen-bond acceptors (Lipinski definition) is 3. The van der Waals surface area contributed by atoms with Crippen LogP contribution in [0.15, 0.2) is 48.5 Å².